The van der Waals surface area contributed by atoms with Crippen molar-refractivity contribution in [1.29, 1.82) is 0 Å². The topological polar surface area (TPSA) is 42.9 Å². The number of carbonyl (C=O) groups excluding carboxylic acids is 1. The number of ketones is 1. The molecule has 0 unspecified atom stereocenters. The number of rotatable bonds is 4. The van der Waals surface area contributed by atoms with Crippen molar-refractivity contribution in [1.82, 2.24) is 9.97 Å². The number of thioether (sulfide) groups is 1. The molecule has 0 atom stereocenters. The third-order valence-corrected chi connectivity index (χ3v) is 4.19. The summed E-state index contributed by atoms with van der Waals surface area (Å²) in [5.74, 6) is -0.197. The van der Waals surface area contributed by atoms with Crippen LogP contribution in [0.1, 0.15) is 42.4 Å². The average Bonchev–Trinajstić information content (AvgIpc) is 2.51. The van der Waals surface area contributed by atoms with Crippen LogP contribution in [-0.2, 0) is 11.6 Å². The van der Waals surface area contributed by atoms with Gasteiger partial charge in [-0.2, -0.15) is 13.2 Å². The van der Waals surface area contributed by atoms with Crippen LogP contribution in [-0.4, -0.2) is 21.5 Å². The molecular formula is C17H17F3N2OS. The minimum atomic E-state index is -4.52. The van der Waals surface area contributed by atoms with Crippen molar-refractivity contribution >= 4 is 17.5 Å². The average molecular weight is 354 g/mol. The molecule has 0 spiro atoms. The summed E-state index contributed by atoms with van der Waals surface area (Å²) in [5, 5.41) is -0.0653. The van der Waals surface area contributed by atoms with Gasteiger partial charge in [-0.05, 0) is 17.0 Å². The van der Waals surface area contributed by atoms with Gasteiger partial charge < -0.3 is 0 Å². The lowest BCUT2D eigenvalue weighted by atomic mass is 9.86. The monoisotopic (exact) mass is 354 g/mol. The molecule has 24 heavy (non-hydrogen) atoms. The molecule has 0 saturated carbocycles. The van der Waals surface area contributed by atoms with Crippen LogP contribution in [0.3, 0.4) is 0 Å². The molecule has 2 aromatic rings. The van der Waals surface area contributed by atoms with Crippen LogP contribution in [0.4, 0.5) is 13.2 Å². The first kappa shape index (κ1) is 18.4. The summed E-state index contributed by atoms with van der Waals surface area (Å²) in [6.45, 7) is 6.22. The van der Waals surface area contributed by atoms with E-state index in [9.17, 15) is 18.0 Å². The Morgan fingerprint density at radius 1 is 1.08 bits per heavy atom. The zero-order valence-corrected chi connectivity index (χ0v) is 14.3. The molecular weight excluding hydrogens is 337 g/mol. The molecule has 0 saturated heterocycles. The van der Waals surface area contributed by atoms with E-state index in [1.54, 1.807) is 12.1 Å². The molecule has 1 aromatic carbocycles. The zero-order chi connectivity index (χ0) is 18.0. The van der Waals surface area contributed by atoms with Gasteiger partial charge in [0, 0.05) is 11.8 Å². The first-order valence-corrected chi connectivity index (χ1v) is 8.23. The van der Waals surface area contributed by atoms with Crippen molar-refractivity contribution in [2.75, 3.05) is 5.75 Å². The minimum absolute atomic E-state index is 0.0117. The highest BCUT2D eigenvalue weighted by atomic mass is 32.2. The second kappa shape index (κ2) is 6.93. The number of hydrogen-bond acceptors (Lipinski definition) is 4. The first-order chi connectivity index (χ1) is 11.1. The molecule has 1 aromatic heterocycles. The van der Waals surface area contributed by atoms with Crippen molar-refractivity contribution in [3.63, 3.8) is 0 Å². The normalized spacial score (nSPS) is 12.2. The van der Waals surface area contributed by atoms with Gasteiger partial charge in [-0.25, -0.2) is 9.97 Å². The summed E-state index contributed by atoms with van der Waals surface area (Å²) >= 11 is 0.892. The number of nitrogens with zero attached hydrogens (tertiary/aromatic N) is 2. The summed E-state index contributed by atoms with van der Waals surface area (Å²) in [5.41, 5.74) is 0.597. The Morgan fingerprint density at radius 3 is 2.25 bits per heavy atom. The quantitative estimate of drug-likeness (QED) is 0.451. The van der Waals surface area contributed by atoms with Crippen LogP contribution >= 0.6 is 11.8 Å². The standard InChI is InChI=1S/C17H17F3N2OS/c1-16(2,3)12-6-4-11(5-7-12)13(23)10-24-15-21-9-8-14(22-15)17(18,19)20/h4-9H,10H2,1-3H3. The molecule has 3 nitrogen and oxygen atoms in total. The van der Waals surface area contributed by atoms with Crippen LogP contribution < -0.4 is 0 Å². The Bertz CT molecular complexity index is 722. The van der Waals surface area contributed by atoms with Crippen LogP contribution in [0.2, 0.25) is 0 Å². The van der Waals surface area contributed by atoms with Gasteiger partial charge in [0.1, 0.15) is 5.69 Å². The predicted octanol–water partition coefficient (Wildman–Crippen LogP) is 4.77. The molecule has 0 fully saturated rings. The highest BCUT2D eigenvalue weighted by Crippen LogP contribution is 2.28. The van der Waals surface area contributed by atoms with E-state index in [0.717, 1.165) is 29.6 Å². The van der Waals surface area contributed by atoms with Gasteiger partial charge in [0.15, 0.2) is 10.9 Å². The molecule has 0 aliphatic carbocycles. The number of Topliss-reactive ketones (excluding diaryl/α,β-unsaturated/α-hetero) is 1. The number of halogens is 3. The maximum absolute atomic E-state index is 12.6. The number of benzene rings is 1. The molecule has 0 amide bonds. The number of hydrogen-bond donors (Lipinski definition) is 0. The molecule has 0 aliphatic heterocycles. The van der Waals surface area contributed by atoms with Crippen LogP contribution in [0.15, 0.2) is 41.7 Å². The molecule has 128 valence electrons. The Balaban J connectivity index is 2.03. The Morgan fingerprint density at radius 2 is 1.71 bits per heavy atom. The van der Waals surface area contributed by atoms with E-state index in [1.807, 2.05) is 12.1 Å². The zero-order valence-electron chi connectivity index (χ0n) is 13.5. The SMILES string of the molecule is CC(C)(C)c1ccc(C(=O)CSc2nccc(C(F)(F)F)n2)cc1. The van der Waals surface area contributed by atoms with Crippen LogP contribution in [0.25, 0.3) is 0 Å². The van der Waals surface area contributed by atoms with Gasteiger partial charge in [0.2, 0.25) is 0 Å². The van der Waals surface area contributed by atoms with E-state index in [-0.39, 0.29) is 22.1 Å². The fourth-order valence-corrected chi connectivity index (χ4v) is 2.66. The Kier molecular flexibility index (Phi) is 5.32. The second-order valence-corrected chi connectivity index (χ2v) is 7.20. The van der Waals surface area contributed by atoms with Crippen molar-refractivity contribution in [2.24, 2.45) is 0 Å². The Labute approximate surface area is 142 Å². The van der Waals surface area contributed by atoms with Gasteiger partial charge >= 0.3 is 6.18 Å². The van der Waals surface area contributed by atoms with Gasteiger partial charge in [-0.3, -0.25) is 4.79 Å². The first-order valence-electron chi connectivity index (χ1n) is 7.24. The predicted molar refractivity (Wildman–Crippen MR) is 87.2 cm³/mol. The second-order valence-electron chi connectivity index (χ2n) is 6.26. The van der Waals surface area contributed by atoms with E-state index < -0.39 is 11.9 Å². The number of carbonyl (C=O) groups is 1. The van der Waals surface area contributed by atoms with Crippen molar-refractivity contribution in [3.05, 3.63) is 53.3 Å². The van der Waals surface area contributed by atoms with Crippen molar-refractivity contribution < 1.29 is 18.0 Å². The summed E-state index contributed by atoms with van der Waals surface area (Å²) in [6, 6.07) is 8.04. The molecule has 0 radical (unpaired) electrons. The maximum Gasteiger partial charge on any atom is 0.433 e. The highest BCUT2D eigenvalue weighted by Gasteiger charge is 2.32. The van der Waals surface area contributed by atoms with E-state index >= 15 is 0 Å². The van der Waals surface area contributed by atoms with Gasteiger partial charge in [-0.1, -0.05) is 56.8 Å². The molecule has 7 heteroatoms. The van der Waals surface area contributed by atoms with E-state index in [0.29, 0.717) is 5.56 Å². The fraction of sp³-hybridized carbons (Fsp3) is 0.353. The largest absolute Gasteiger partial charge is 0.433 e. The third kappa shape index (κ3) is 4.80. The Hall–Kier alpha value is -1.89. The van der Waals surface area contributed by atoms with Crippen molar-refractivity contribution in [3.8, 4) is 0 Å². The molecule has 0 N–H and O–H groups in total. The third-order valence-electron chi connectivity index (χ3n) is 3.33. The van der Waals surface area contributed by atoms with E-state index in [4.69, 9.17) is 0 Å². The van der Waals surface area contributed by atoms with Gasteiger partial charge in [0.05, 0.1) is 5.75 Å². The number of alkyl halides is 3. The minimum Gasteiger partial charge on any atom is -0.293 e. The summed E-state index contributed by atoms with van der Waals surface area (Å²) < 4.78 is 37.8. The maximum atomic E-state index is 12.6. The number of aromatic nitrogens is 2. The summed E-state index contributed by atoms with van der Waals surface area (Å²) in [6.07, 6.45) is -3.48. The van der Waals surface area contributed by atoms with Gasteiger partial charge in [0.25, 0.3) is 0 Å². The lowest BCUT2D eigenvalue weighted by Gasteiger charge is -2.18. The molecule has 2 rings (SSSR count). The molecule has 0 aliphatic rings. The highest BCUT2D eigenvalue weighted by molar-refractivity contribution is 7.99. The summed E-state index contributed by atoms with van der Waals surface area (Å²) in [4.78, 5) is 19.4. The smallest absolute Gasteiger partial charge is 0.293 e. The summed E-state index contributed by atoms with van der Waals surface area (Å²) in [7, 11) is 0. The van der Waals surface area contributed by atoms with Crippen molar-refractivity contribution in [2.45, 2.75) is 37.5 Å². The molecule has 0 bridgehead atoms. The van der Waals surface area contributed by atoms with Crippen LogP contribution in [0, 0.1) is 0 Å². The van der Waals surface area contributed by atoms with Gasteiger partial charge in [-0.15, -0.1) is 0 Å². The molecule has 1 heterocycles. The fourth-order valence-electron chi connectivity index (χ4n) is 1.94. The lowest BCUT2D eigenvalue weighted by Crippen LogP contribution is -2.12. The van der Waals surface area contributed by atoms with E-state index in [1.165, 1.54) is 0 Å². The van der Waals surface area contributed by atoms with E-state index in [2.05, 4.69) is 30.7 Å². The lowest BCUT2D eigenvalue weighted by molar-refractivity contribution is -0.141. The van der Waals surface area contributed by atoms with Crippen LogP contribution in [0.5, 0.6) is 0 Å².